The van der Waals surface area contributed by atoms with Gasteiger partial charge in [0.2, 0.25) is 11.8 Å². The van der Waals surface area contributed by atoms with Gasteiger partial charge in [0.1, 0.15) is 11.8 Å². The van der Waals surface area contributed by atoms with Crippen molar-refractivity contribution in [3.63, 3.8) is 0 Å². The van der Waals surface area contributed by atoms with Crippen molar-refractivity contribution < 1.29 is 29.4 Å². The van der Waals surface area contributed by atoms with Gasteiger partial charge in [-0.05, 0) is 31.0 Å². The fourth-order valence-electron chi connectivity index (χ4n) is 4.21. The van der Waals surface area contributed by atoms with Crippen molar-refractivity contribution in [2.75, 3.05) is 0 Å². The summed E-state index contributed by atoms with van der Waals surface area (Å²) in [5.74, 6) is -2.46. The van der Waals surface area contributed by atoms with Gasteiger partial charge in [0.05, 0.1) is 12.5 Å². The number of rotatable bonds is 21. The van der Waals surface area contributed by atoms with E-state index in [1.54, 1.807) is 12.1 Å². The van der Waals surface area contributed by atoms with Gasteiger partial charge in [0.25, 0.3) is 0 Å². The fraction of sp³-hybridized carbons (Fsp3) is 0.655. The number of hydrogen-bond acceptors (Lipinski definition) is 5. The lowest BCUT2D eigenvalue weighted by molar-refractivity contribution is -0.140. The number of phenolic OH excluding ortho intramolecular Hbond substituents is 1. The van der Waals surface area contributed by atoms with Gasteiger partial charge in [-0.3, -0.25) is 19.2 Å². The third kappa shape index (κ3) is 15.7. The van der Waals surface area contributed by atoms with E-state index >= 15 is 0 Å². The van der Waals surface area contributed by atoms with Crippen molar-refractivity contribution in [2.24, 2.45) is 0 Å². The first-order valence-corrected chi connectivity index (χ1v) is 13.8. The number of aliphatic carboxylic acids is 1. The summed E-state index contributed by atoms with van der Waals surface area (Å²) >= 11 is 0. The molecule has 2 atom stereocenters. The summed E-state index contributed by atoms with van der Waals surface area (Å²) in [5.41, 5.74) is 0.709. The highest BCUT2D eigenvalue weighted by Gasteiger charge is 2.26. The van der Waals surface area contributed by atoms with E-state index in [0.29, 0.717) is 12.0 Å². The number of Topliss-reactive ketones (excluding diaryl/α,β-unsaturated/α-hetero) is 1. The number of carboxylic acids is 1. The maximum absolute atomic E-state index is 12.9. The van der Waals surface area contributed by atoms with Crippen molar-refractivity contribution in [1.82, 2.24) is 10.6 Å². The quantitative estimate of drug-likeness (QED) is 0.168. The van der Waals surface area contributed by atoms with Crippen molar-refractivity contribution >= 4 is 23.6 Å². The van der Waals surface area contributed by atoms with Crippen molar-refractivity contribution in [3.8, 4) is 5.75 Å². The molecule has 8 heteroatoms. The Kier molecular flexibility index (Phi) is 16.7. The summed E-state index contributed by atoms with van der Waals surface area (Å²) in [5, 5.41) is 23.8. The maximum Gasteiger partial charge on any atom is 0.305 e. The lowest BCUT2D eigenvalue weighted by Crippen LogP contribution is -2.52. The third-order valence-electron chi connectivity index (χ3n) is 6.47. The van der Waals surface area contributed by atoms with E-state index in [9.17, 15) is 24.3 Å². The zero-order chi connectivity index (χ0) is 27.5. The van der Waals surface area contributed by atoms with E-state index in [0.717, 1.165) is 19.3 Å². The number of benzene rings is 1. The molecule has 8 nitrogen and oxygen atoms in total. The van der Waals surface area contributed by atoms with Gasteiger partial charge >= 0.3 is 5.97 Å². The molecule has 1 rings (SSSR count). The number of amides is 2. The first kappa shape index (κ1) is 32.1. The first-order chi connectivity index (χ1) is 17.7. The lowest BCUT2D eigenvalue weighted by Gasteiger charge is -2.22. The molecule has 0 heterocycles. The number of carboxylic acid groups (broad SMARTS) is 1. The van der Waals surface area contributed by atoms with Gasteiger partial charge in [0.15, 0.2) is 5.78 Å². The number of ketones is 1. The lowest BCUT2D eigenvalue weighted by atomic mass is 10.0. The molecule has 4 N–H and O–H groups in total. The molecule has 0 bridgehead atoms. The van der Waals surface area contributed by atoms with Gasteiger partial charge in [-0.25, -0.2) is 0 Å². The highest BCUT2D eigenvalue weighted by atomic mass is 16.4. The summed E-state index contributed by atoms with van der Waals surface area (Å²) in [7, 11) is 0. The Balaban J connectivity index is 2.47. The second-order valence-electron chi connectivity index (χ2n) is 9.90. The summed E-state index contributed by atoms with van der Waals surface area (Å²) in [4.78, 5) is 48.4. The van der Waals surface area contributed by atoms with Crippen LogP contribution in [0, 0.1) is 0 Å². The smallest absolute Gasteiger partial charge is 0.305 e. The normalized spacial score (nSPS) is 12.5. The molecule has 0 spiro atoms. The standard InChI is InChI=1S/C29H46N2O6/c1-3-4-5-6-7-8-9-10-11-12-13-14-15-27(34)30-26(20-23-16-18-24(33)19-17-23)29(37)31-25(22(2)32)21-28(35)36/h16-19,25-26,33H,3-15,20-21H2,1-2H3,(H,30,34)(H,31,37)(H,35,36). The molecule has 208 valence electrons. The van der Waals surface area contributed by atoms with Crippen LogP contribution in [0.15, 0.2) is 24.3 Å². The monoisotopic (exact) mass is 518 g/mol. The van der Waals surface area contributed by atoms with E-state index < -0.39 is 36.2 Å². The largest absolute Gasteiger partial charge is 0.508 e. The predicted molar refractivity (Wildman–Crippen MR) is 144 cm³/mol. The molecule has 0 aliphatic carbocycles. The summed E-state index contributed by atoms with van der Waals surface area (Å²) in [6, 6.07) is 4.13. The molecule has 1 aromatic rings. The van der Waals surface area contributed by atoms with E-state index in [-0.39, 0.29) is 18.1 Å². The fourth-order valence-corrected chi connectivity index (χ4v) is 4.21. The van der Waals surface area contributed by atoms with E-state index in [1.165, 1.54) is 76.8 Å². The topological polar surface area (TPSA) is 133 Å². The highest BCUT2D eigenvalue weighted by Crippen LogP contribution is 2.14. The molecule has 1 aromatic carbocycles. The Morgan fingerprint density at radius 3 is 1.76 bits per heavy atom. The van der Waals surface area contributed by atoms with Gasteiger partial charge in [-0.2, -0.15) is 0 Å². The number of phenols is 1. The van der Waals surface area contributed by atoms with E-state index in [1.807, 2.05) is 0 Å². The Hall–Kier alpha value is -2.90. The zero-order valence-electron chi connectivity index (χ0n) is 22.6. The average molecular weight is 519 g/mol. The van der Waals surface area contributed by atoms with Gasteiger partial charge < -0.3 is 20.8 Å². The van der Waals surface area contributed by atoms with Crippen molar-refractivity contribution in [3.05, 3.63) is 29.8 Å². The Bertz CT molecular complexity index is 824. The van der Waals surface area contributed by atoms with Gasteiger partial charge in [-0.15, -0.1) is 0 Å². The number of hydrogen-bond donors (Lipinski definition) is 4. The van der Waals surface area contributed by atoms with E-state index in [4.69, 9.17) is 5.11 Å². The SMILES string of the molecule is CCCCCCCCCCCCCCC(=O)NC(Cc1ccc(O)cc1)C(=O)NC(CC(=O)O)C(C)=O. The molecular formula is C29H46N2O6. The zero-order valence-corrected chi connectivity index (χ0v) is 22.6. The Morgan fingerprint density at radius 1 is 0.757 bits per heavy atom. The van der Waals surface area contributed by atoms with Crippen LogP contribution in [0.1, 0.15) is 109 Å². The van der Waals surface area contributed by atoms with Crippen LogP contribution in [0.2, 0.25) is 0 Å². The number of carbonyl (C=O) groups is 4. The molecule has 0 aromatic heterocycles. The molecule has 37 heavy (non-hydrogen) atoms. The molecular weight excluding hydrogens is 472 g/mol. The number of aromatic hydroxyl groups is 1. The number of unbranched alkanes of at least 4 members (excludes halogenated alkanes) is 11. The maximum atomic E-state index is 12.9. The van der Waals surface area contributed by atoms with Crippen LogP contribution in [-0.4, -0.2) is 45.9 Å². The van der Waals surface area contributed by atoms with Crippen LogP contribution < -0.4 is 10.6 Å². The third-order valence-corrected chi connectivity index (χ3v) is 6.47. The minimum atomic E-state index is -1.20. The average Bonchev–Trinajstić information content (AvgIpc) is 2.84. The Morgan fingerprint density at radius 2 is 1.27 bits per heavy atom. The highest BCUT2D eigenvalue weighted by molar-refractivity contribution is 5.93. The van der Waals surface area contributed by atoms with Crippen LogP contribution in [0.25, 0.3) is 0 Å². The van der Waals surface area contributed by atoms with Gasteiger partial charge in [-0.1, -0.05) is 89.7 Å². The molecule has 0 saturated carbocycles. The van der Waals surface area contributed by atoms with Crippen LogP contribution in [0.4, 0.5) is 0 Å². The summed E-state index contributed by atoms with van der Waals surface area (Å²) < 4.78 is 0. The summed E-state index contributed by atoms with van der Waals surface area (Å²) in [6.07, 6.45) is 14.2. The van der Waals surface area contributed by atoms with Crippen LogP contribution in [0.3, 0.4) is 0 Å². The Labute approximate surface area is 221 Å². The molecule has 0 aliphatic heterocycles. The molecule has 0 saturated heterocycles. The predicted octanol–water partition coefficient (Wildman–Crippen LogP) is 5.06. The number of carbonyl (C=O) groups excluding carboxylic acids is 3. The van der Waals surface area contributed by atoms with Crippen LogP contribution in [0.5, 0.6) is 5.75 Å². The molecule has 2 amide bonds. The first-order valence-electron chi connectivity index (χ1n) is 13.8. The van der Waals surface area contributed by atoms with Gasteiger partial charge in [0, 0.05) is 12.8 Å². The van der Waals surface area contributed by atoms with Crippen molar-refractivity contribution in [1.29, 1.82) is 0 Å². The second-order valence-corrected chi connectivity index (χ2v) is 9.90. The molecule has 2 unspecified atom stereocenters. The summed E-state index contributed by atoms with van der Waals surface area (Å²) in [6.45, 7) is 3.45. The van der Waals surface area contributed by atoms with Crippen molar-refractivity contribution in [2.45, 2.75) is 122 Å². The van der Waals surface area contributed by atoms with Crippen LogP contribution in [-0.2, 0) is 25.6 Å². The molecule has 0 fully saturated rings. The molecule has 0 radical (unpaired) electrons. The molecule has 0 aliphatic rings. The minimum absolute atomic E-state index is 0.0823. The van der Waals surface area contributed by atoms with E-state index in [2.05, 4.69) is 17.6 Å². The number of nitrogens with one attached hydrogen (secondary N) is 2. The van der Waals surface area contributed by atoms with Crippen LogP contribution >= 0.6 is 0 Å². The second kappa shape index (κ2) is 19.2. The minimum Gasteiger partial charge on any atom is -0.508 e.